The molecule has 0 amide bonds. The number of aromatic amines is 1. The first kappa shape index (κ1) is 12.1. The molecule has 5 nitrogen and oxygen atoms in total. The zero-order valence-corrected chi connectivity index (χ0v) is 9.91. The molecule has 17 heavy (non-hydrogen) atoms. The maximum atomic E-state index is 11.1. The Bertz CT molecular complexity index is 410. The van der Waals surface area contributed by atoms with E-state index in [0.29, 0.717) is 12.2 Å². The number of aliphatic hydroxyl groups excluding tert-OH is 1. The molecule has 1 aromatic rings. The van der Waals surface area contributed by atoms with Gasteiger partial charge in [0.05, 0.1) is 18.5 Å². The summed E-state index contributed by atoms with van der Waals surface area (Å²) in [6, 6.07) is 1.49. The lowest BCUT2D eigenvalue weighted by molar-refractivity contribution is 0.0944. The average Bonchev–Trinajstić information content (AvgIpc) is 2.38. The van der Waals surface area contributed by atoms with Crippen LogP contribution in [0.15, 0.2) is 17.1 Å². The minimum absolute atomic E-state index is 0.0269. The Hall–Kier alpha value is -1.36. The van der Waals surface area contributed by atoms with Gasteiger partial charge in [-0.15, -0.1) is 0 Å². The second-order valence-electron chi connectivity index (χ2n) is 4.91. The predicted octanol–water partition coefficient (Wildman–Crippen LogP) is 1.12. The number of anilines is 1. The third-order valence-electron chi connectivity index (χ3n) is 3.58. The van der Waals surface area contributed by atoms with Gasteiger partial charge in [0.2, 0.25) is 0 Å². The van der Waals surface area contributed by atoms with Crippen molar-refractivity contribution in [2.45, 2.75) is 32.1 Å². The second-order valence-corrected chi connectivity index (χ2v) is 4.91. The summed E-state index contributed by atoms with van der Waals surface area (Å²) < 4.78 is 0. The Morgan fingerprint density at radius 1 is 1.41 bits per heavy atom. The first-order valence-corrected chi connectivity index (χ1v) is 6.14. The molecule has 0 radical (unpaired) electrons. The van der Waals surface area contributed by atoms with Crippen LogP contribution in [0.25, 0.3) is 0 Å². The number of aliphatic hydroxyl groups is 1. The van der Waals surface area contributed by atoms with Gasteiger partial charge < -0.3 is 10.4 Å². The zero-order valence-electron chi connectivity index (χ0n) is 9.91. The number of aromatic nitrogens is 2. The number of nitrogens with one attached hydrogen (secondary N) is 2. The minimum atomic E-state index is -0.211. The summed E-state index contributed by atoms with van der Waals surface area (Å²) in [5, 5.41) is 18.8. The largest absolute Gasteiger partial charge is 0.396 e. The third-order valence-corrected chi connectivity index (χ3v) is 3.58. The number of nitrogens with zero attached hydrogens (tertiary/aromatic N) is 1. The van der Waals surface area contributed by atoms with Crippen LogP contribution in [0.2, 0.25) is 0 Å². The van der Waals surface area contributed by atoms with Gasteiger partial charge in [-0.3, -0.25) is 4.79 Å². The number of hydrogen-bond donors (Lipinski definition) is 3. The Morgan fingerprint density at radius 3 is 2.82 bits per heavy atom. The topological polar surface area (TPSA) is 78.0 Å². The van der Waals surface area contributed by atoms with Gasteiger partial charge in [0, 0.05) is 18.0 Å². The second kappa shape index (κ2) is 5.31. The Morgan fingerprint density at radius 2 is 2.18 bits per heavy atom. The summed E-state index contributed by atoms with van der Waals surface area (Å²) in [5.41, 5.74) is 0.477. The third kappa shape index (κ3) is 3.06. The lowest BCUT2D eigenvalue weighted by Gasteiger charge is -2.35. The molecule has 1 saturated carbocycles. The summed E-state index contributed by atoms with van der Waals surface area (Å²) in [4.78, 5) is 11.1. The molecular formula is C12H19N3O2. The van der Waals surface area contributed by atoms with Crippen LogP contribution in [-0.4, -0.2) is 28.5 Å². The summed E-state index contributed by atoms with van der Waals surface area (Å²) in [6.07, 6.45) is 7.30. The van der Waals surface area contributed by atoms with Gasteiger partial charge in [-0.1, -0.05) is 19.3 Å². The van der Waals surface area contributed by atoms with E-state index in [-0.39, 0.29) is 17.6 Å². The Labute approximate surface area is 100 Å². The maximum Gasteiger partial charge on any atom is 0.266 e. The molecule has 3 N–H and O–H groups in total. The van der Waals surface area contributed by atoms with E-state index in [1.807, 2.05) is 0 Å². The summed E-state index contributed by atoms with van der Waals surface area (Å²) >= 11 is 0. The predicted molar refractivity (Wildman–Crippen MR) is 66.0 cm³/mol. The molecule has 0 aromatic carbocycles. The lowest BCUT2D eigenvalue weighted by Crippen LogP contribution is -2.35. The SMILES string of the molecule is O=c1cc(NCC2(CO)CCCCC2)cn[nH]1. The van der Waals surface area contributed by atoms with Gasteiger partial charge >= 0.3 is 0 Å². The smallest absolute Gasteiger partial charge is 0.266 e. The van der Waals surface area contributed by atoms with Crippen LogP contribution in [0.5, 0.6) is 0 Å². The molecule has 0 unspecified atom stereocenters. The summed E-state index contributed by atoms with van der Waals surface area (Å²) in [7, 11) is 0. The van der Waals surface area contributed by atoms with Gasteiger partial charge in [0.15, 0.2) is 0 Å². The van der Waals surface area contributed by atoms with Crippen molar-refractivity contribution < 1.29 is 5.11 Å². The van der Waals surface area contributed by atoms with E-state index in [2.05, 4.69) is 15.5 Å². The van der Waals surface area contributed by atoms with Gasteiger partial charge in [-0.2, -0.15) is 5.10 Å². The van der Waals surface area contributed by atoms with Gasteiger partial charge in [0.25, 0.3) is 5.56 Å². The van der Waals surface area contributed by atoms with Crippen LogP contribution < -0.4 is 10.9 Å². The van der Waals surface area contributed by atoms with Crippen molar-refractivity contribution in [3.63, 3.8) is 0 Å². The van der Waals surface area contributed by atoms with E-state index < -0.39 is 0 Å². The first-order valence-electron chi connectivity index (χ1n) is 6.14. The molecule has 0 atom stereocenters. The molecule has 1 aromatic heterocycles. The monoisotopic (exact) mass is 237 g/mol. The molecule has 1 fully saturated rings. The van der Waals surface area contributed by atoms with Crippen molar-refractivity contribution in [1.82, 2.24) is 10.2 Å². The standard InChI is InChI=1S/C12H19N3O2/c16-9-12(4-2-1-3-5-12)8-13-10-6-11(17)15-14-7-10/h6-7,16H,1-5,8-9H2,(H2,13,15,17). The molecular weight excluding hydrogens is 218 g/mol. The van der Waals surface area contributed by atoms with Crippen LogP contribution in [0.1, 0.15) is 32.1 Å². The first-order chi connectivity index (χ1) is 8.24. The highest BCUT2D eigenvalue weighted by Crippen LogP contribution is 2.35. The van der Waals surface area contributed by atoms with E-state index in [1.54, 1.807) is 6.20 Å². The molecule has 0 bridgehead atoms. The molecule has 2 rings (SSSR count). The number of rotatable bonds is 4. The summed E-state index contributed by atoms with van der Waals surface area (Å²) in [6.45, 7) is 0.908. The molecule has 1 heterocycles. The van der Waals surface area contributed by atoms with Crippen molar-refractivity contribution in [2.75, 3.05) is 18.5 Å². The van der Waals surface area contributed by atoms with Crippen molar-refractivity contribution in [3.05, 3.63) is 22.6 Å². The minimum Gasteiger partial charge on any atom is -0.396 e. The normalized spacial score (nSPS) is 18.9. The zero-order chi connectivity index (χ0) is 12.1. The van der Waals surface area contributed by atoms with Crippen LogP contribution in [-0.2, 0) is 0 Å². The van der Waals surface area contributed by atoms with E-state index >= 15 is 0 Å². The van der Waals surface area contributed by atoms with E-state index in [0.717, 1.165) is 12.8 Å². The molecule has 1 aliphatic carbocycles. The highest BCUT2D eigenvalue weighted by Gasteiger charge is 2.31. The lowest BCUT2D eigenvalue weighted by atomic mass is 9.74. The highest BCUT2D eigenvalue weighted by atomic mass is 16.3. The van der Waals surface area contributed by atoms with Crippen molar-refractivity contribution in [1.29, 1.82) is 0 Å². The van der Waals surface area contributed by atoms with E-state index in [4.69, 9.17) is 0 Å². The fourth-order valence-electron chi connectivity index (χ4n) is 2.46. The van der Waals surface area contributed by atoms with Crippen molar-refractivity contribution in [2.24, 2.45) is 5.41 Å². The molecule has 0 saturated heterocycles. The average molecular weight is 237 g/mol. The molecule has 5 heteroatoms. The summed E-state index contributed by atoms with van der Waals surface area (Å²) in [5.74, 6) is 0. The highest BCUT2D eigenvalue weighted by molar-refractivity contribution is 5.38. The fraction of sp³-hybridized carbons (Fsp3) is 0.667. The maximum absolute atomic E-state index is 11.1. The van der Waals surface area contributed by atoms with Crippen LogP contribution in [0.3, 0.4) is 0 Å². The van der Waals surface area contributed by atoms with E-state index in [9.17, 15) is 9.90 Å². The molecule has 0 spiro atoms. The number of H-pyrrole nitrogens is 1. The Balaban J connectivity index is 1.98. The van der Waals surface area contributed by atoms with Crippen molar-refractivity contribution >= 4 is 5.69 Å². The Kier molecular flexibility index (Phi) is 3.78. The molecule has 94 valence electrons. The van der Waals surface area contributed by atoms with Crippen LogP contribution in [0, 0.1) is 5.41 Å². The van der Waals surface area contributed by atoms with Gasteiger partial charge in [-0.25, -0.2) is 5.10 Å². The van der Waals surface area contributed by atoms with E-state index in [1.165, 1.54) is 25.3 Å². The van der Waals surface area contributed by atoms with Crippen LogP contribution in [0.4, 0.5) is 5.69 Å². The molecule has 1 aliphatic rings. The molecule has 0 aliphatic heterocycles. The number of hydrogen-bond acceptors (Lipinski definition) is 4. The quantitative estimate of drug-likeness (QED) is 0.733. The van der Waals surface area contributed by atoms with Crippen LogP contribution >= 0.6 is 0 Å². The van der Waals surface area contributed by atoms with Gasteiger partial charge in [0.1, 0.15) is 0 Å². The van der Waals surface area contributed by atoms with Crippen molar-refractivity contribution in [3.8, 4) is 0 Å². The fourth-order valence-corrected chi connectivity index (χ4v) is 2.46. The van der Waals surface area contributed by atoms with Gasteiger partial charge in [-0.05, 0) is 12.8 Å².